The number of hydrogen-bond donors (Lipinski definition) is 1. The third kappa shape index (κ3) is 4.64. The lowest BCUT2D eigenvalue weighted by molar-refractivity contribution is -0.118. The van der Waals surface area contributed by atoms with Crippen LogP contribution in [0.2, 0.25) is 0 Å². The topological polar surface area (TPSA) is 86.5 Å². The van der Waals surface area contributed by atoms with Gasteiger partial charge in [0, 0.05) is 16.8 Å². The summed E-state index contributed by atoms with van der Waals surface area (Å²) in [4.78, 5) is 12.1. The molecule has 7 heteroatoms. The van der Waals surface area contributed by atoms with Gasteiger partial charge in [0.1, 0.15) is 11.5 Å². The van der Waals surface area contributed by atoms with Gasteiger partial charge in [0.2, 0.25) is 11.8 Å². The van der Waals surface area contributed by atoms with Gasteiger partial charge in [0.15, 0.2) is 6.61 Å². The van der Waals surface area contributed by atoms with E-state index in [9.17, 15) is 4.79 Å². The molecule has 0 atom stereocenters. The van der Waals surface area contributed by atoms with E-state index in [4.69, 9.17) is 13.9 Å². The molecule has 1 amide bonds. The standard InChI is InChI=1S/C23H19N3O4/c1-28-19-13-9-17(10-14-19)23-26-25-22(30-23)16-7-11-18(12-8-16)24-21(27)15-29-20-5-3-2-4-6-20/h2-14H,15H2,1H3,(H,24,27). The highest BCUT2D eigenvalue weighted by Crippen LogP contribution is 2.26. The maximum Gasteiger partial charge on any atom is 0.262 e. The molecule has 4 rings (SSSR count). The van der Waals surface area contributed by atoms with Gasteiger partial charge in [-0.1, -0.05) is 18.2 Å². The van der Waals surface area contributed by atoms with Gasteiger partial charge in [0.25, 0.3) is 5.91 Å². The first-order valence-electron chi connectivity index (χ1n) is 9.27. The van der Waals surface area contributed by atoms with Crippen LogP contribution in [0.15, 0.2) is 83.3 Å². The molecule has 0 saturated carbocycles. The van der Waals surface area contributed by atoms with Crippen molar-refractivity contribution >= 4 is 11.6 Å². The maximum absolute atomic E-state index is 12.1. The van der Waals surface area contributed by atoms with Crippen LogP contribution < -0.4 is 14.8 Å². The molecule has 0 saturated heterocycles. The van der Waals surface area contributed by atoms with Crippen LogP contribution in [0.1, 0.15) is 0 Å². The Morgan fingerprint density at radius 1 is 0.833 bits per heavy atom. The number of aromatic nitrogens is 2. The van der Waals surface area contributed by atoms with E-state index in [0.29, 0.717) is 23.2 Å². The third-order valence-electron chi connectivity index (χ3n) is 4.29. The zero-order chi connectivity index (χ0) is 20.8. The molecule has 0 aliphatic carbocycles. The minimum Gasteiger partial charge on any atom is -0.497 e. The number of amides is 1. The van der Waals surface area contributed by atoms with Crippen molar-refractivity contribution in [2.75, 3.05) is 19.0 Å². The summed E-state index contributed by atoms with van der Waals surface area (Å²) < 4.78 is 16.4. The predicted octanol–water partition coefficient (Wildman–Crippen LogP) is 4.43. The molecule has 0 aliphatic heterocycles. The van der Waals surface area contributed by atoms with E-state index in [1.54, 1.807) is 43.5 Å². The second kappa shape index (κ2) is 8.91. The first-order valence-corrected chi connectivity index (χ1v) is 9.27. The van der Waals surface area contributed by atoms with E-state index < -0.39 is 0 Å². The number of nitrogens with one attached hydrogen (secondary N) is 1. The zero-order valence-electron chi connectivity index (χ0n) is 16.2. The summed E-state index contributed by atoms with van der Waals surface area (Å²) in [6, 6.07) is 23.7. The van der Waals surface area contributed by atoms with Gasteiger partial charge in [-0.3, -0.25) is 4.79 Å². The summed E-state index contributed by atoms with van der Waals surface area (Å²) in [6.45, 7) is -0.0688. The summed E-state index contributed by atoms with van der Waals surface area (Å²) in [5, 5.41) is 11.0. The molecule has 0 radical (unpaired) electrons. The smallest absolute Gasteiger partial charge is 0.262 e. The molecule has 3 aromatic carbocycles. The average Bonchev–Trinajstić information content (AvgIpc) is 3.29. The lowest BCUT2D eigenvalue weighted by Gasteiger charge is -2.07. The van der Waals surface area contributed by atoms with Crippen LogP contribution in [0.4, 0.5) is 5.69 Å². The largest absolute Gasteiger partial charge is 0.497 e. The molecule has 0 aliphatic rings. The van der Waals surface area contributed by atoms with Crippen LogP contribution in [-0.4, -0.2) is 29.8 Å². The minimum absolute atomic E-state index is 0.0688. The highest BCUT2D eigenvalue weighted by Gasteiger charge is 2.11. The Morgan fingerprint density at radius 2 is 1.43 bits per heavy atom. The van der Waals surface area contributed by atoms with E-state index in [1.165, 1.54) is 0 Å². The Labute approximate surface area is 173 Å². The van der Waals surface area contributed by atoms with E-state index in [2.05, 4.69) is 15.5 Å². The monoisotopic (exact) mass is 401 g/mol. The molecule has 0 bridgehead atoms. The van der Waals surface area contributed by atoms with E-state index >= 15 is 0 Å². The van der Waals surface area contributed by atoms with E-state index in [-0.39, 0.29) is 12.5 Å². The summed E-state index contributed by atoms with van der Waals surface area (Å²) in [5.74, 6) is 1.97. The number of nitrogens with zero attached hydrogens (tertiary/aromatic N) is 2. The van der Waals surface area contributed by atoms with Gasteiger partial charge in [-0.25, -0.2) is 0 Å². The van der Waals surface area contributed by atoms with Crippen molar-refractivity contribution in [2.24, 2.45) is 0 Å². The first-order chi connectivity index (χ1) is 14.7. The number of para-hydroxylation sites is 1. The lowest BCUT2D eigenvalue weighted by Crippen LogP contribution is -2.20. The van der Waals surface area contributed by atoms with Crippen LogP contribution in [0.5, 0.6) is 11.5 Å². The van der Waals surface area contributed by atoms with Crippen molar-refractivity contribution in [3.8, 4) is 34.4 Å². The number of ether oxygens (including phenoxy) is 2. The second-order valence-corrected chi connectivity index (χ2v) is 6.37. The van der Waals surface area contributed by atoms with Gasteiger partial charge in [-0.05, 0) is 60.7 Å². The van der Waals surface area contributed by atoms with Gasteiger partial charge in [-0.2, -0.15) is 0 Å². The van der Waals surface area contributed by atoms with Crippen LogP contribution in [0.3, 0.4) is 0 Å². The number of rotatable bonds is 7. The second-order valence-electron chi connectivity index (χ2n) is 6.37. The highest BCUT2D eigenvalue weighted by molar-refractivity contribution is 5.92. The molecule has 1 aromatic heterocycles. The average molecular weight is 401 g/mol. The Hall–Kier alpha value is -4.13. The molecular formula is C23H19N3O4. The number of hydrogen-bond acceptors (Lipinski definition) is 6. The minimum atomic E-state index is -0.244. The van der Waals surface area contributed by atoms with Crippen molar-refractivity contribution in [2.45, 2.75) is 0 Å². The predicted molar refractivity (Wildman–Crippen MR) is 112 cm³/mol. The molecule has 150 valence electrons. The van der Waals surface area contributed by atoms with Crippen LogP contribution >= 0.6 is 0 Å². The molecule has 30 heavy (non-hydrogen) atoms. The number of benzene rings is 3. The Kier molecular flexibility index (Phi) is 5.70. The van der Waals surface area contributed by atoms with E-state index in [1.807, 2.05) is 42.5 Å². The van der Waals surface area contributed by atoms with Crippen molar-refractivity contribution in [3.63, 3.8) is 0 Å². The van der Waals surface area contributed by atoms with Gasteiger partial charge >= 0.3 is 0 Å². The number of methoxy groups -OCH3 is 1. The van der Waals surface area contributed by atoms with Crippen LogP contribution in [0, 0.1) is 0 Å². The SMILES string of the molecule is COc1ccc(-c2nnc(-c3ccc(NC(=O)COc4ccccc4)cc3)o2)cc1. The normalized spacial score (nSPS) is 10.4. The Bertz CT molecular complexity index is 1110. The molecule has 0 unspecified atom stereocenters. The fourth-order valence-electron chi connectivity index (χ4n) is 2.75. The van der Waals surface area contributed by atoms with Crippen LogP contribution in [-0.2, 0) is 4.79 Å². The molecular weight excluding hydrogens is 382 g/mol. The highest BCUT2D eigenvalue weighted by atomic mass is 16.5. The van der Waals surface area contributed by atoms with Crippen molar-refractivity contribution in [3.05, 3.63) is 78.9 Å². The summed E-state index contributed by atoms with van der Waals surface area (Å²) in [6.07, 6.45) is 0. The summed E-state index contributed by atoms with van der Waals surface area (Å²) >= 11 is 0. The van der Waals surface area contributed by atoms with Crippen molar-refractivity contribution < 1.29 is 18.7 Å². The Balaban J connectivity index is 1.37. The lowest BCUT2D eigenvalue weighted by atomic mass is 10.2. The van der Waals surface area contributed by atoms with Crippen LogP contribution in [0.25, 0.3) is 22.9 Å². The van der Waals surface area contributed by atoms with Gasteiger partial charge < -0.3 is 19.2 Å². The number of carbonyl (C=O) groups is 1. The fraction of sp³-hybridized carbons (Fsp3) is 0.0870. The molecule has 7 nitrogen and oxygen atoms in total. The summed E-state index contributed by atoms with van der Waals surface area (Å²) in [7, 11) is 1.61. The summed E-state index contributed by atoms with van der Waals surface area (Å²) in [5.41, 5.74) is 2.20. The molecule has 1 N–H and O–H groups in total. The van der Waals surface area contributed by atoms with E-state index in [0.717, 1.165) is 16.9 Å². The van der Waals surface area contributed by atoms with Crippen molar-refractivity contribution in [1.82, 2.24) is 10.2 Å². The molecule has 0 spiro atoms. The number of carbonyl (C=O) groups excluding carboxylic acids is 1. The van der Waals surface area contributed by atoms with Crippen molar-refractivity contribution in [1.29, 1.82) is 0 Å². The zero-order valence-corrected chi connectivity index (χ0v) is 16.2. The third-order valence-corrected chi connectivity index (χ3v) is 4.29. The maximum atomic E-state index is 12.1. The quantitative estimate of drug-likeness (QED) is 0.493. The molecule has 4 aromatic rings. The fourth-order valence-corrected chi connectivity index (χ4v) is 2.75. The van der Waals surface area contributed by atoms with Gasteiger partial charge in [-0.15, -0.1) is 10.2 Å². The number of anilines is 1. The molecule has 1 heterocycles. The first kappa shape index (κ1) is 19.2. The molecule has 0 fully saturated rings. The van der Waals surface area contributed by atoms with Gasteiger partial charge in [0.05, 0.1) is 7.11 Å². The Morgan fingerprint density at radius 3 is 2.03 bits per heavy atom.